The van der Waals surface area contributed by atoms with Crippen LogP contribution in [0.3, 0.4) is 0 Å². The average Bonchev–Trinajstić information content (AvgIpc) is 3.51. The van der Waals surface area contributed by atoms with Crippen molar-refractivity contribution in [3.8, 4) is 28.4 Å². The van der Waals surface area contributed by atoms with E-state index in [0.29, 0.717) is 39.7 Å². The number of hydrogen-bond donors (Lipinski definition) is 3. The number of carbonyl (C=O) groups excluding carboxylic acids is 1. The number of nitrogens with one attached hydrogen (secondary N) is 2. The van der Waals surface area contributed by atoms with E-state index in [2.05, 4.69) is 25.6 Å². The molecule has 8 nitrogen and oxygen atoms in total. The molecule has 3 aromatic heterocycles. The normalized spacial score (nSPS) is 12.0. The number of halogens is 6. The maximum atomic E-state index is 13.1. The van der Waals surface area contributed by atoms with Crippen molar-refractivity contribution >= 4 is 28.2 Å². The number of amides is 1. The van der Waals surface area contributed by atoms with Crippen LogP contribution in [0.5, 0.6) is 5.75 Å². The number of aromatic nitrogens is 4. The van der Waals surface area contributed by atoms with Crippen molar-refractivity contribution in [2.24, 2.45) is 0 Å². The largest absolute Gasteiger partial charge is 0.508 e. The Morgan fingerprint density at radius 3 is 2.37 bits per heavy atom. The summed E-state index contributed by atoms with van der Waals surface area (Å²) >= 11 is 1.41. The van der Waals surface area contributed by atoms with Crippen LogP contribution in [0.15, 0.2) is 66.3 Å². The summed E-state index contributed by atoms with van der Waals surface area (Å²) < 4.78 is 80.4. The Kier molecular flexibility index (Phi) is 7.29. The molecule has 0 unspecified atom stereocenters. The molecule has 0 bridgehead atoms. The van der Waals surface area contributed by atoms with Crippen LogP contribution < -0.4 is 10.6 Å². The van der Waals surface area contributed by atoms with E-state index in [0.717, 1.165) is 0 Å². The van der Waals surface area contributed by atoms with Gasteiger partial charge in [0.25, 0.3) is 5.91 Å². The van der Waals surface area contributed by atoms with Gasteiger partial charge in [-0.1, -0.05) is 12.1 Å². The first-order valence-corrected chi connectivity index (χ1v) is 12.7. The number of alkyl halides is 6. The van der Waals surface area contributed by atoms with E-state index in [-0.39, 0.29) is 30.9 Å². The van der Waals surface area contributed by atoms with Crippen LogP contribution in [0.2, 0.25) is 0 Å². The second-order valence-electron chi connectivity index (χ2n) is 8.66. The number of rotatable bonds is 7. The highest BCUT2D eigenvalue weighted by Gasteiger charge is 2.37. The molecule has 3 N–H and O–H groups in total. The maximum Gasteiger partial charge on any atom is 0.416 e. The molecule has 0 aliphatic rings. The fourth-order valence-electron chi connectivity index (χ4n) is 4.00. The standard InChI is InChI=1S/C26H18F6N6O2S/c27-25(28,29)16-10-15(11-17(13-16)26(30,31)32)22(40)33-6-7-35-23-34-5-4-19(36-23)21-20(14-2-1-3-18(39)12-14)37-24-38(21)8-9-41-24/h1-5,8-13,39H,6-7H2,(H,33,40)(H,34,35,36). The Morgan fingerprint density at radius 1 is 0.951 bits per heavy atom. The van der Waals surface area contributed by atoms with Gasteiger partial charge in [0, 0.05) is 42.0 Å². The Labute approximate surface area is 231 Å². The topological polar surface area (TPSA) is 104 Å². The molecule has 0 saturated heterocycles. The van der Waals surface area contributed by atoms with Crippen LogP contribution in [-0.4, -0.2) is 43.5 Å². The average molecular weight is 593 g/mol. The minimum absolute atomic E-state index is 0.0139. The SMILES string of the molecule is O=C(NCCNc1nccc(-c2c(-c3cccc(O)c3)nc3sccn23)n1)c1cc(C(F)(F)F)cc(C(F)(F)F)c1. The number of phenolic OH excluding ortho intramolecular Hbond substituents is 1. The minimum atomic E-state index is -5.06. The summed E-state index contributed by atoms with van der Waals surface area (Å²) in [5.74, 6) is -0.883. The summed E-state index contributed by atoms with van der Waals surface area (Å²) in [6.07, 6.45) is -6.82. The molecule has 15 heteroatoms. The van der Waals surface area contributed by atoms with Crippen LogP contribution in [0.25, 0.3) is 27.6 Å². The van der Waals surface area contributed by atoms with Gasteiger partial charge in [0.1, 0.15) is 11.4 Å². The third kappa shape index (κ3) is 6.09. The third-order valence-corrected chi connectivity index (χ3v) is 6.58. The van der Waals surface area contributed by atoms with Crippen LogP contribution in [0, 0.1) is 0 Å². The van der Waals surface area contributed by atoms with Gasteiger partial charge in [-0.05, 0) is 36.4 Å². The Morgan fingerprint density at radius 2 is 1.68 bits per heavy atom. The molecule has 5 aromatic rings. The molecule has 212 valence electrons. The molecule has 5 rings (SSSR count). The highest BCUT2D eigenvalue weighted by molar-refractivity contribution is 7.15. The highest BCUT2D eigenvalue weighted by atomic mass is 32.1. The van der Waals surface area contributed by atoms with Crippen molar-refractivity contribution in [1.29, 1.82) is 0 Å². The zero-order valence-electron chi connectivity index (χ0n) is 20.6. The van der Waals surface area contributed by atoms with E-state index < -0.39 is 35.0 Å². The van der Waals surface area contributed by atoms with Gasteiger partial charge in [0.15, 0.2) is 4.96 Å². The Balaban J connectivity index is 1.30. The number of fused-ring (bicyclic) bond motifs is 1. The summed E-state index contributed by atoms with van der Waals surface area (Å²) in [4.78, 5) is 26.4. The van der Waals surface area contributed by atoms with Crippen molar-refractivity contribution in [1.82, 2.24) is 24.7 Å². The van der Waals surface area contributed by atoms with E-state index in [1.165, 1.54) is 23.6 Å². The van der Waals surface area contributed by atoms with E-state index in [9.17, 15) is 36.2 Å². The number of hydrogen-bond acceptors (Lipinski definition) is 7. The first-order valence-electron chi connectivity index (χ1n) is 11.8. The summed E-state index contributed by atoms with van der Waals surface area (Å²) in [7, 11) is 0. The van der Waals surface area contributed by atoms with E-state index in [1.54, 1.807) is 24.3 Å². The fourth-order valence-corrected chi connectivity index (χ4v) is 4.71. The predicted molar refractivity (Wildman–Crippen MR) is 138 cm³/mol. The van der Waals surface area contributed by atoms with Crippen molar-refractivity contribution in [2.75, 3.05) is 18.4 Å². The van der Waals surface area contributed by atoms with Gasteiger partial charge in [-0.2, -0.15) is 26.3 Å². The monoisotopic (exact) mass is 592 g/mol. The van der Waals surface area contributed by atoms with Gasteiger partial charge in [0.05, 0.1) is 22.5 Å². The third-order valence-electron chi connectivity index (χ3n) is 5.82. The van der Waals surface area contributed by atoms with Gasteiger partial charge in [-0.3, -0.25) is 9.20 Å². The smallest absolute Gasteiger partial charge is 0.416 e. The second-order valence-corrected chi connectivity index (χ2v) is 9.53. The van der Waals surface area contributed by atoms with Crippen molar-refractivity contribution < 1.29 is 36.2 Å². The van der Waals surface area contributed by atoms with Gasteiger partial charge < -0.3 is 15.7 Å². The predicted octanol–water partition coefficient (Wildman–Crippen LogP) is 6.10. The lowest BCUT2D eigenvalue weighted by Gasteiger charge is -2.14. The number of benzene rings is 2. The fraction of sp³-hybridized carbons (Fsp3) is 0.154. The summed E-state index contributed by atoms with van der Waals surface area (Å²) in [5, 5.41) is 17.0. The molecule has 2 aromatic carbocycles. The molecule has 3 heterocycles. The molecule has 1 amide bonds. The molecule has 0 aliphatic heterocycles. The quantitative estimate of drug-likeness (QED) is 0.156. The van der Waals surface area contributed by atoms with Gasteiger partial charge >= 0.3 is 12.4 Å². The molecular weight excluding hydrogens is 574 g/mol. The maximum absolute atomic E-state index is 13.1. The van der Waals surface area contributed by atoms with E-state index in [4.69, 9.17) is 0 Å². The molecule has 41 heavy (non-hydrogen) atoms. The van der Waals surface area contributed by atoms with Crippen LogP contribution >= 0.6 is 11.3 Å². The van der Waals surface area contributed by atoms with Gasteiger partial charge in [-0.15, -0.1) is 11.3 Å². The molecular formula is C26H18F6N6O2S. The summed E-state index contributed by atoms with van der Waals surface area (Å²) in [6.45, 7) is -0.139. The molecule has 0 atom stereocenters. The van der Waals surface area contributed by atoms with Gasteiger partial charge in [-0.25, -0.2) is 15.0 Å². The molecule has 0 saturated carbocycles. The summed E-state index contributed by atoms with van der Waals surface area (Å²) in [5.41, 5.74) is -1.57. The number of aromatic hydroxyl groups is 1. The Hall–Kier alpha value is -4.66. The number of anilines is 1. The van der Waals surface area contributed by atoms with E-state index in [1.807, 2.05) is 16.0 Å². The lowest BCUT2D eigenvalue weighted by Crippen LogP contribution is -2.29. The van der Waals surface area contributed by atoms with Crippen molar-refractivity contribution in [2.45, 2.75) is 12.4 Å². The lowest BCUT2D eigenvalue weighted by atomic mass is 10.0. The van der Waals surface area contributed by atoms with Crippen molar-refractivity contribution in [3.05, 3.63) is 83.0 Å². The number of nitrogens with zero attached hydrogens (tertiary/aromatic N) is 4. The lowest BCUT2D eigenvalue weighted by molar-refractivity contribution is -0.143. The molecule has 0 spiro atoms. The van der Waals surface area contributed by atoms with Crippen LogP contribution in [-0.2, 0) is 12.4 Å². The van der Waals surface area contributed by atoms with E-state index >= 15 is 0 Å². The first kappa shape index (κ1) is 27.9. The molecule has 0 radical (unpaired) electrons. The highest BCUT2D eigenvalue weighted by Crippen LogP contribution is 2.37. The number of carbonyl (C=O) groups is 1. The first-order chi connectivity index (χ1) is 19.4. The van der Waals surface area contributed by atoms with Gasteiger partial charge in [0.2, 0.25) is 5.95 Å². The van der Waals surface area contributed by atoms with Crippen LogP contribution in [0.1, 0.15) is 21.5 Å². The zero-order chi connectivity index (χ0) is 29.4. The second kappa shape index (κ2) is 10.7. The number of imidazole rings is 1. The zero-order valence-corrected chi connectivity index (χ0v) is 21.4. The number of thiazole rings is 1. The van der Waals surface area contributed by atoms with Crippen LogP contribution in [0.4, 0.5) is 32.3 Å². The van der Waals surface area contributed by atoms with Crippen molar-refractivity contribution in [3.63, 3.8) is 0 Å². The minimum Gasteiger partial charge on any atom is -0.508 e. The Bertz CT molecular complexity index is 1700. The molecule has 0 aliphatic carbocycles. The summed E-state index contributed by atoms with van der Waals surface area (Å²) in [6, 6.07) is 8.94. The molecule has 0 fully saturated rings. The number of phenols is 1.